The zero-order chi connectivity index (χ0) is 19.2. The highest BCUT2D eigenvalue weighted by atomic mass is 16.6. The number of aliphatic imine (C=N–C) groups is 1. The fraction of sp³-hybridized carbons (Fsp3) is 0.682. The number of benzene rings is 1. The standard InChI is InChI=1S/C22H36N2O2/c1-7-9-13-18-15-17-12-10-11-14-19(17)21(23-18)26-16-20(25-8-2)24(6)22(3,4)5/h10-12,14,20-21H,7-9,13,15-16H2,1-6H3. The van der Waals surface area contributed by atoms with Crippen molar-refractivity contribution in [2.75, 3.05) is 20.3 Å². The van der Waals surface area contributed by atoms with Crippen molar-refractivity contribution in [3.63, 3.8) is 0 Å². The van der Waals surface area contributed by atoms with Gasteiger partial charge in [0.2, 0.25) is 0 Å². The Kier molecular flexibility index (Phi) is 7.81. The van der Waals surface area contributed by atoms with E-state index in [4.69, 9.17) is 14.5 Å². The summed E-state index contributed by atoms with van der Waals surface area (Å²) in [6.07, 6.45) is 4.08. The van der Waals surface area contributed by atoms with Crippen molar-refractivity contribution in [1.29, 1.82) is 0 Å². The van der Waals surface area contributed by atoms with E-state index in [1.54, 1.807) is 0 Å². The molecule has 1 aliphatic heterocycles. The topological polar surface area (TPSA) is 34.1 Å². The minimum Gasteiger partial charge on any atom is -0.361 e. The third-order valence-electron chi connectivity index (χ3n) is 5.08. The molecule has 2 atom stereocenters. The number of ether oxygens (including phenoxy) is 2. The van der Waals surface area contributed by atoms with Crippen molar-refractivity contribution >= 4 is 5.71 Å². The second-order valence-corrected chi connectivity index (χ2v) is 8.05. The fourth-order valence-corrected chi connectivity index (χ4v) is 3.17. The normalized spacial score (nSPS) is 18.6. The van der Waals surface area contributed by atoms with E-state index in [1.165, 1.54) is 29.7 Å². The second-order valence-electron chi connectivity index (χ2n) is 8.05. The van der Waals surface area contributed by atoms with Crippen molar-refractivity contribution in [2.45, 2.75) is 78.3 Å². The van der Waals surface area contributed by atoms with Gasteiger partial charge in [0.15, 0.2) is 6.23 Å². The molecule has 0 bridgehead atoms. The Morgan fingerprint density at radius 3 is 2.62 bits per heavy atom. The predicted octanol–water partition coefficient (Wildman–Crippen LogP) is 4.98. The van der Waals surface area contributed by atoms with Crippen molar-refractivity contribution in [3.8, 4) is 0 Å². The number of hydrogen-bond donors (Lipinski definition) is 0. The molecule has 2 rings (SSSR count). The first kappa shape index (κ1) is 21.1. The minimum absolute atomic E-state index is 0.0171. The monoisotopic (exact) mass is 360 g/mol. The number of likely N-dealkylation sites (N-methyl/N-ethyl adjacent to an activating group) is 1. The molecule has 0 aliphatic carbocycles. The molecule has 0 aromatic heterocycles. The quantitative estimate of drug-likeness (QED) is 0.582. The van der Waals surface area contributed by atoms with Crippen LogP contribution in [0.25, 0.3) is 0 Å². The van der Waals surface area contributed by atoms with Crippen LogP contribution in [0.5, 0.6) is 0 Å². The maximum Gasteiger partial charge on any atom is 0.174 e. The predicted molar refractivity (Wildman–Crippen MR) is 109 cm³/mol. The van der Waals surface area contributed by atoms with Crippen LogP contribution in [0, 0.1) is 0 Å². The first-order chi connectivity index (χ1) is 12.4. The minimum atomic E-state index is -0.219. The number of hydrogen-bond acceptors (Lipinski definition) is 4. The van der Waals surface area contributed by atoms with Crippen molar-refractivity contribution in [3.05, 3.63) is 35.4 Å². The van der Waals surface area contributed by atoms with Crippen LogP contribution in [0.3, 0.4) is 0 Å². The molecule has 4 heteroatoms. The average molecular weight is 361 g/mol. The van der Waals surface area contributed by atoms with Gasteiger partial charge in [0.05, 0.1) is 6.61 Å². The van der Waals surface area contributed by atoms with Gasteiger partial charge in [-0.1, -0.05) is 37.6 Å². The van der Waals surface area contributed by atoms with Crippen molar-refractivity contribution < 1.29 is 9.47 Å². The van der Waals surface area contributed by atoms with Gasteiger partial charge in [-0.2, -0.15) is 0 Å². The number of rotatable bonds is 9. The molecular formula is C22H36N2O2. The average Bonchev–Trinajstić information content (AvgIpc) is 2.61. The summed E-state index contributed by atoms with van der Waals surface area (Å²) in [4.78, 5) is 7.16. The molecule has 0 N–H and O–H groups in total. The zero-order valence-corrected chi connectivity index (χ0v) is 17.4. The lowest BCUT2D eigenvalue weighted by molar-refractivity contribution is -0.129. The zero-order valence-electron chi connectivity index (χ0n) is 17.4. The summed E-state index contributed by atoms with van der Waals surface area (Å²) in [6.45, 7) is 12.0. The van der Waals surface area contributed by atoms with Crippen molar-refractivity contribution in [2.24, 2.45) is 4.99 Å². The Morgan fingerprint density at radius 2 is 1.96 bits per heavy atom. The van der Waals surface area contributed by atoms with Gasteiger partial charge < -0.3 is 9.47 Å². The first-order valence-corrected chi connectivity index (χ1v) is 9.96. The van der Waals surface area contributed by atoms with E-state index >= 15 is 0 Å². The molecule has 0 saturated carbocycles. The summed E-state index contributed by atoms with van der Waals surface area (Å²) in [5.74, 6) is 0. The van der Waals surface area contributed by atoms with Crippen LogP contribution >= 0.6 is 0 Å². The highest BCUT2D eigenvalue weighted by molar-refractivity contribution is 5.88. The van der Waals surface area contributed by atoms with E-state index in [9.17, 15) is 0 Å². The second kappa shape index (κ2) is 9.63. The third kappa shape index (κ3) is 5.63. The lowest BCUT2D eigenvalue weighted by Gasteiger charge is -2.38. The lowest BCUT2D eigenvalue weighted by Crippen LogP contribution is -2.48. The maximum atomic E-state index is 6.30. The van der Waals surface area contributed by atoms with E-state index in [0.717, 1.165) is 12.8 Å². The molecule has 1 aromatic carbocycles. The molecule has 1 aliphatic rings. The van der Waals surface area contributed by atoms with Crippen LogP contribution in [-0.2, 0) is 15.9 Å². The molecule has 0 amide bonds. The van der Waals surface area contributed by atoms with Crippen LogP contribution in [0.4, 0.5) is 0 Å². The summed E-state index contributed by atoms with van der Waals surface area (Å²) < 4.78 is 12.2. The van der Waals surface area contributed by atoms with Crippen LogP contribution in [0.1, 0.15) is 71.2 Å². The molecule has 1 heterocycles. The molecule has 1 aromatic rings. The van der Waals surface area contributed by atoms with Crippen LogP contribution in [0.2, 0.25) is 0 Å². The van der Waals surface area contributed by atoms with Gasteiger partial charge >= 0.3 is 0 Å². The van der Waals surface area contributed by atoms with Gasteiger partial charge in [0.25, 0.3) is 0 Å². The van der Waals surface area contributed by atoms with E-state index < -0.39 is 0 Å². The maximum absolute atomic E-state index is 6.30. The number of fused-ring (bicyclic) bond motifs is 1. The highest BCUT2D eigenvalue weighted by Gasteiger charge is 2.28. The van der Waals surface area contributed by atoms with E-state index in [0.29, 0.717) is 13.2 Å². The number of nitrogens with zero attached hydrogens (tertiary/aromatic N) is 2. The Balaban J connectivity index is 2.13. The molecule has 0 spiro atoms. The third-order valence-corrected chi connectivity index (χ3v) is 5.08. The summed E-state index contributed by atoms with van der Waals surface area (Å²) >= 11 is 0. The molecule has 2 unspecified atom stereocenters. The van der Waals surface area contributed by atoms with E-state index in [-0.39, 0.29) is 18.0 Å². The smallest absolute Gasteiger partial charge is 0.174 e. The van der Waals surface area contributed by atoms with E-state index in [2.05, 4.69) is 63.9 Å². The molecule has 146 valence electrons. The SMILES string of the molecule is CCCCC1=NC(OCC(OCC)N(C)C(C)(C)C)c2ccccc2C1. The van der Waals surface area contributed by atoms with Crippen molar-refractivity contribution in [1.82, 2.24) is 4.90 Å². The molecule has 26 heavy (non-hydrogen) atoms. The van der Waals surface area contributed by atoms with Gasteiger partial charge in [-0.25, -0.2) is 0 Å². The number of unbranched alkanes of at least 4 members (excludes halogenated alkanes) is 1. The molecule has 4 nitrogen and oxygen atoms in total. The van der Waals surface area contributed by atoms with Gasteiger partial charge in [0.1, 0.15) is 6.23 Å². The molecule has 0 fully saturated rings. The van der Waals surface area contributed by atoms with Crippen LogP contribution in [-0.4, -0.2) is 42.6 Å². The van der Waals surface area contributed by atoms with Gasteiger partial charge in [0, 0.05) is 29.8 Å². The summed E-state index contributed by atoms with van der Waals surface area (Å²) in [5, 5.41) is 0. The first-order valence-electron chi connectivity index (χ1n) is 9.96. The van der Waals surface area contributed by atoms with Gasteiger partial charge in [-0.15, -0.1) is 0 Å². The van der Waals surface area contributed by atoms with Crippen LogP contribution < -0.4 is 0 Å². The van der Waals surface area contributed by atoms with Crippen LogP contribution in [0.15, 0.2) is 29.3 Å². The van der Waals surface area contributed by atoms with Gasteiger partial charge in [-0.05, 0) is 53.1 Å². The Labute approximate surface area is 159 Å². The summed E-state index contributed by atoms with van der Waals surface area (Å²) in [5.41, 5.74) is 3.81. The highest BCUT2D eigenvalue weighted by Crippen LogP contribution is 2.30. The fourth-order valence-electron chi connectivity index (χ4n) is 3.17. The Morgan fingerprint density at radius 1 is 1.23 bits per heavy atom. The molecule has 0 saturated heterocycles. The summed E-state index contributed by atoms with van der Waals surface area (Å²) in [6, 6.07) is 8.52. The van der Waals surface area contributed by atoms with Gasteiger partial charge in [-0.3, -0.25) is 9.89 Å². The lowest BCUT2D eigenvalue weighted by atomic mass is 9.95. The molecule has 0 radical (unpaired) electrons. The molecular weight excluding hydrogens is 324 g/mol. The largest absolute Gasteiger partial charge is 0.361 e. The van der Waals surface area contributed by atoms with E-state index in [1.807, 2.05) is 6.92 Å². The summed E-state index contributed by atoms with van der Waals surface area (Å²) in [7, 11) is 2.09. The Bertz CT molecular complexity index is 592. The Hall–Kier alpha value is -1.23.